The molecule has 1 amide bonds. The SMILES string of the molecule is CC1=CCCC2(C)C(CCC2(O)CN(CC23CC4CC(CC(C4)C2)C3)C(=O)OC2CC(C)CCC2C(C)C)c2ccc(cc2C(=O)c2ccc(F)c(F)c2)CC(O)CC1. The zero-order valence-corrected chi connectivity index (χ0v) is 36.3. The first-order chi connectivity index (χ1) is 28.0. The summed E-state index contributed by atoms with van der Waals surface area (Å²) in [6.07, 6.45) is 15.5. The Morgan fingerprint density at radius 3 is 2.29 bits per heavy atom. The molecule has 6 nitrogen and oxygen atoms in total. The van der Waals surface area contributed by atoms with Crippen LogP contribution in [0.2, 0.25) is 0 Å². The van der Waals surface area contributed by atoms with Crippen molar-refractivity contribution in [3.8, 4) is 0 Å². The van der Waals surface area contributed by atoms with Gasteiger partial charge in [0.25, 0.3) is 0 Å². The number of allylic oxidation sites excluding steroid dienone is 2. The Morgan fingerprint density at radius 2 is 1.61 bits per heavy atom. The highest BCUT2D eigenvalue weighted by molar-refractivity contribution is 6.10. The van der Waals surface area contributed by atoms with Gasteiger partial charge in [-0.25, -0.2) is 13.6 Å². The van der Waals surface area contributed by atoms with Crippen LogP contribution in [0.4, 0.5) is 13.6 Å². The lowest BCUT2D eigenvalue weighted by molar-refractivity contribution is -0.108. The van der Waals surface area contributed by atoms with Gasteiger partial charge in [0, 0.05) is 23.1 Å². The molecule has 2 aromatic rings. The first-order valence-electron chi connectivity index (χ1n) is 23.2. The first kappa shape index (κ1) is 42.6. The van der Waals surface area contributed by atoms with Crippen molar-refractivity contribution < 1.29 is 33.3 Å². The van der Waals surface area contributed by atoms with Crippen LogP contribution in [0.15, 0.2) is 48.0 Å². The largest absolute Gasteiger partial charge is 0.446 e. The summed E-state index contributed by atoms with van der Waals surface area (Å²) in [5.74, 6) is 0.543. The van der Waals surface area contributed by atoms with Crippen molar-refractivity contribution in [2.75, 3.05) is 13.1 Å². The standard InChI is InChI=1S/C51H69F2NO5/c1-31(2)40-13-9-33(4)19-46(40)59-48(57)54(29-50-26-35-20-36(27-50)22-37(21-35)28-50)30-51(58)18-16-43-41-14-10-34(23-39(55)12-8-32(3)7-6-17-49(43,51)5)24-42(41)47(56)38-11-15-44(52)45(53)25-38/h7,10-11,14-15,24-25,31,33,35-37,39-40,43,46,55,58H,6,8-9,12-13,16-23,26-30H2,1-5H3. The Bertz CT molecular complexity index is 1890. The lowest BCUT2D eigenvalue weighted by Gasteiger charge is -2.58. The summed E-state index contributed by atoms with van der Waals surface area (Å²) in [5, 5.41) is 24.5. The maximum Gasteiger partial charge on any atom is 0.410 e. The van der Waals surface area contributed by atoms with Crippen LogP contribution in [-0.2, 0) is 11.2 Å². The summed E-state index contributed by atoms with van der Waals surface area (Å²) in [5.41, 5.74) is 1.17. The van der Waals surface area contributed by atoms with Crippen molar-refractivity contribution in [3.05, 3.63) is 81.9 Å². The van der Waals surface area contributed by atoms with Gasteiger partial charge in [0.2, 0.25) is 0 Å². The third kappa shape index (κ3) is 8.57. The van der Waals surface area contributed by atoms with Crippen molar-refractivity contribution in [3.63, 3.8) is 0 Å². The van der Waals surface area contributed by atoms with Gasteiger partial charge in [-0.3, -0.25) is 4.79 Å². The zero-order valence-electron chi connectivity index (χ0n) is 36.3. The fourth-order valence-corrected chi connectivity index (χ4v) is 13.8. The van der Waals surface area contributed by atoms with Gasteiger partial charge in [-0.15, -0.1) is 0 Å². The number of hydrogen-bond donors (Lipinski definition) is 2. The van der Waals surface area contributed by atoms with Crippen LogP contribution in [0.1, 0.15) is 164 Å². The third-order valence-electron chi connectivity index (χ3n) is 16.7. The number of aliphatic hydroxyl groups is 2. The summed E-state index contributed by atoms with van der Waals surface area (Å²) in [7, 11) is 0. The maximum atomic E-state index is 15.0. The van der Waals surface area contributed by atoms with Crippen molar-refractivity contribution in [1.29, 1.82) is 0 Å². The van der Waals surface area contributed by atoms with Gasteiger partial charge >= 0.3 is 6.09 Å². The van der Waals surface area contributed by atoms with Gasteiger partial charge in [0.05, 0.1) is 18.2 Å². The highest BCUT2D eigenvalue weighted by Crippen LogP contribution is 2.62. The lowest BCUT2D eigenvalue weighted by Crippen LogP contribution is -2.58. The fraction of sp³-hybridized carbons (Fsp3) is 0.686. The van der Waals surface area contributed by atoms with Gasteiger partial charge < -0.3 is 19.8 Å². The predicted octanol–water partition coefficient (Wildman–Crippen LogP) is 11.4. The molecule has 0 radical (unpaired) electrons. The number of ketones is 1. The molecule has 0 saturated heterocycles. The second kappa shape index (κ2) is 16.6. The van der Waals surface area contributed by atoms with E-state index in [-0.39, 0.29) is 35.6 Å². The molecule has 10 rings (SSSR count). The molecule has 7 atom stereocenters. The van der Waals surface area contributed by atoms with E-state index in [9.17, 15) is 28.6 Å². The molecule has 6 saturated carbocycles. The zero-order chi connectivity index (χ0) is 41.9. The van der Waals surface area contributed by atoms with Crippen LogP contribution in [0.3, 0.4) is 0 Å². The van der Waals surface area contributed by atoms with Crippen molar-refractivity contribution in [2.45, 2.75) is 161 Å². The second-order valence-electron chi connectivity index (χ2n) is 21.4. The molecule has 322 valence electrons. The Balaban J connectivity index is 1.18. The smallest absolute Gasteiger partial charge is 0.410 e. The van der Waals surface area contributed by atoms with Crippen LogP contribution in [0.5, 0.6) is 0 Å². The van der Waals surface area contributed by atoms with E-state index >= 15 is 0 Å². The monoisotopic (exact) mass is 814 g/mol. The molecular formula is C51H69F2NO5. The molecule has 8 aliphatic carbocycles. The van der Waals surface area contributed by atoms with E-state index in [1.54, 1.807) is 0 Å². The molecule has 2 aromatic carbocycles. The molecule has 8 heteroatoms. The highest BCUT2D eigenvalue weighted by Gasteiger charge is 2.59. The van der Waals surface area contributed by atoms with E-state index in [4.69, 9.17) is 4.74 Å². The minimum atomic E-state index is -1.30. The number of nitrogens with zero attached hydrogens (tertiary/aromatic N) is 1. The molecule has 6 fully saturated rings. The molecule has 0 heterocycles. The maximum absolute atomic E-state index is 15.0. The quantitative estimate of drug-likeness (QED) is 0.205. The first-order valence-corrected chi connectivity index (χ1v) is 23.2. The number of rotatable bonds is 8. The average Bonchev–Trinajstić information content (AvgIpc) is 3.42. The van der Waals surface area contributed by atoms with Crippen LogP contribution < -0.4 is 0 Å². The Kier molecular flexibility index (Phi) is 12.0. The van der Waals surface area contributed by atoms with Gasteiger partial charge in [-0.1, -0.05) is 57.9 Å². The van der Waals surface area contributed by atoms with Crippen LogP contribution in [0.25, 0.3) is 0 Å². The van der Waals surface area contributed by atoms with E-state index in [1.807, 2.05) is 23.1 Å². The summed E-state index contributed by atoms with van der Waals surface area (Å²) in [6.45, 7) is 11.7. The van der Waals surface area contributed by atoms with Crippen LogP contribution in [-0.4, -0.2) is 57.9 Å². The Morgan fingerprint density at radius 1 is 0.898 bits per heavy atom. The predicted molar refractivity (Wildman–Crippen MR) is 227 cm³/mol. The van der Waals surface area contributed by atoms with Gasteiger partial charge in [-0.2, -0.15) is 0 Å². The van der Waals surface area contributed by atoms with Crippen molar-refractivity contribution in [2.24, 2.45) is 46.3 Å². The average molecular weight is 814 g/mol. The minimum absolute atomic E-state index is 0.0356. The molecule has 2 N–H and O–H groups in total. The Hall–Kier alpha value is -3.10. The fourth-order valence-electron chi connectivity index (χ4n) is 13.8. The van der Waals surface area contributed by atoms with Crippen LogP contribution >= 0.6 is 0 Å². The van der Waals surface area contributed by atoms with E-state index in [1.165, 1.54) is 30.9 Å². The summed E-state index contributed by atoms with van der Waals surface area (Å²) < 4.78 is 35.4. The summed E-state index contributed by atoms with van der Waals surface area (Å²) in [6, 6.07) is 9.04. The normalized spacial score (nSPS) is 36.9. The number of halogens is 2. The second-order valence-corrected chi connectivity index (χ2v) is 21.4. The molecular weight excluding hydrogens is 745 g/mol. The third-order valence-corrected chi connectivity index (χ3v) is 16.7. The summed E-state index contributed by atoms with van der Waals surface area (Å²) in [4.78, 5) is 31.4. The molecule has 8 aliphatic rings. The summed E-state index contributed by atoms with van der Waals surface area (Å²) >= 11 is 0. The molecule has 0 aliphatic heterocycles. The molecule has 59 heavy (non-hydrogen) atoms. The number of aliphatic hydroxyl groups excluding tert-OH is 1. The van der Waals surface area contributed by atoms with E-state index in [0.717, 1.165) is 68.2 Å². The van der Waals surface area contributed by atoms with Gasteiger partial charge in [-0.05, 0) is 185 Å². The van der Waals surface area contributed by atoms with Crippen molar-refractivity contribution in [1.82, 2.24) is 4.90 Å². The molecule has 0 spiro atoms. The topological polar surface area (TPSA) is 87.1 Å². The number of fused-ring (bicyclic) bond motifs is 8. The number of carbonyl (C=O) groups is 2. The van der Waals surface area contributed by atoms with Crippen LogP contribution in [0, 0.1) is 58.0 Å². The van der Waals surface area contributed by atoms with Crippen molar-refractivity contribution >= 4 is 11.9 Å². The minimum Gasteiger partial charge on any atom is -0.446 e. The number of amides is 1. The number of carbonyl (C=O) groups excluding carboxylic acids is 2. The number of hydrogen-bond acceptors (Lipinski definition) is 5. The Labute approximate surface area is 351 Å². The van der Waals surface area contributed by atoms with E-state index in [0.29, 0.717) is 86.1 Å². The molecule has 0 aromatic heterocycles. The molecule has 6 bridgehead atoms. The number of benzene rings is 2. The number of ether oxygens (including phenoxy) is 1. The highest BCUT2D eigenvalue weighted by atomic mass is 19.2. The van der Waals surface area contributed by atoms with Gasteiger partial charge in [0.1, 0.15) is 6.10 Å². The molecule has 7 unspecified atom stereocenters. The lowest BCUT2D eigenvalue weighted by atomic mass is 9.49. The van der Waals surface area contributed by atoms with E-state index < -0.39 is 34.5 Å². The van der Waals surface area contributed by atoms with E-state index in [2.05, 4.69) is 40.7 Å². The van der Waals surface area contributed by atoms with Gasteiger partial charge in [0.15, 0.2) is 17.4 Å².